The Hall–Kier alpha value is -1.62. The quantitative estimate of drug-likeness (QED) is 0.766. The zero-order chi connectivity index (χ0) is 12.3. The van der Waals surface area contributed by atoms with Gasteiger partial charge in [0.1, 0.15) is 0 Å². The van der Waals surface area contributed by atoms with E-state index in [0.717, 1.165) is 0 Å². The lowest BCUT2D eigenvalue weighted by molar-refractivity contribution is -0.113. The molecule has 5 heteroatoms. The lowest BCUT2D eigenvalue weighted by Crippen LogP contribution is -2.29. The molecule has 1 unspecified atom stereocenters. The standard InChI is InChI=1S/C12H10N2O2S/c1-8-9(7-15)5-13-6-10(8)12(16)11-3-2-4-17-14-11/h2-6,8,14H,1H3. The summed E-state index contributed by atoms with van der Waals surface area (Å²) in [6, 6.07) is 0. The molecule has 0 saturated heterocycles. The summed E-state index contributed by atoms with van der Waals surface area (Å²) >= 11 is 1.33. The van der Waals surface area contributed by atoms with Crippen molar-refractivity contribution in [1.29, 1.82) is 0 Å². The Balaban J connectivity index is 2.18. The fourth-order valence-corrected chi connectivity index (χ4v) is 2.06. The van der Waals surface area contributed by atoms with Gasteiger partial charge in [-0.15, -0.1) is 0 Å². The molecular formula is C12H10N2O2S. The molecule has 86 valence electrons. The lowest BCUT2D eigenvalue weighted by atomic mass is 9.83. The van der Waals surface area contributed by atoms with Crippen molar-refractivity contribution >= 4 is 30.2 Å². The topological polar surface area (TPSA) is 58.5 Å². The van der Waals surface area contributed by atoms with Crippen LogP contribution in [0.25, 0.3) is 0 Å². The normalized spacial score (nSPS) is 23.7. The fraction of sp³-hybridized carbons (Fsp3) is 0.167. The van der Waals surface area contributed by atoms with Gasteiger partial charge >= 0.3 is 0 Å². The van der Waals surface area contributed by atoms with Crippen molar-refractivity contribution in [3.05, 3.63) is 40.9 Å². The van der Waals surface area contributed by atoms with Crippen LogP contribution in [0.15, 0.2) is 40.0 Å². The maximum atomic E-state index is 12.2. The monoisotopic (exact) mass is 246 g/mol. The van der Waals surface area contributed by atoms with Gasteiger partial charge in [-0.25, -0.2) is 0 Å². The van der Waals surface area contributed by atoms with E-state index in [1.807, 2.05) is 5.41 Å². The molecule has 2 rings (SSSR count). The van der Waals surface area contributed by atoms with E-state index in [1.54, 1.807) is 25.4 Å². The van der Waals surface area contributed by atoms with Gasteiger partial charge in [0, 0.05) is 23.9 Å². The third-order valence-corrected chi connectivity index (χ3v) is 3.19. The average Bonchev–Trinajstić information content (AvgIpc) is 2.39. The number of Topliss-reactive ketones (excluding diaryl/α,β-unsaturated/α-hetero) is 1. The molecule has 2 radical (unpaired) electrons. The van der Waals surface area contributed by atoms with E-state index in [2.05, 4.69) is 9.71 Å². The SMILES string of the molecule is CC1[C](C(=O)C2=CC=CSN2)C=NC=C1[C]=O. The molecule has 0 aliphatic carbocycles. The number of carbonyl (C=O) groups is 1. The Kier molecular flexibility index (Phi) is 3.58. The van der Waals surface area contributed by atoms with Gasteiger partial charge in [-0.05, 0) is 23.4 Å². The van der Waals surface area contributed by atoms with E-state index < -0.39 is 0 Å². The summed E-state index contributed by atoms with van der Waals surface area (Å²) in [7, 11) is 0. The molecule has 4 nitrogen and oxygen atoms in total. The first kappa shape index (κ1) is 11.9. The number of hydrogen-bond acceptors (Lipinski definition) is 5. The van der Waals surface area contributed by atoms with Crippen LogP contribution < -0.4 is 4.72 Å². The molecule has 0 amide bonds. The highest BCUT2D eigenvalue weighted by atomic mass is 32.2. The smallest absolute Gasteiger partial charge is 0.231 e. The molecule has 2 aliphatic heterocycles. The molecule has 0 saturated carbocycles. The van der Waals surface area contributed by atoms with Crippen LogP contribution in [0.1, 0.15) is 6.92 Å². The minimum absolute atomic E-state index is 0.140. The van der Waals surface area contributed by atoms with E-state index >= 15 is 0 Å². The Morgan fingerprint density at radius 1 is 1.59 bits per heavy atom. The van der Waals surface area contributed by atoms with E-state index in [1.165, 1.54) is 24.4 Å². The number of rotatable bonds is 3. The Morgan fingerprint density at radius 2 is 2.41 bits per heavy atom. The predicted molar refractivity (Wildman–Crippen MR) is 67.6 cm³/mol. The van der Waals surface area contributed by atoms with Crippen molar-refractivity contribution in [3.8, 4) is 0 Å². The van der Waals surface area contributed by atoms with Crippen LogP contribution in [-0.4, -0.2) is 18.3 Å². The summed E-state index contributed by atoms with van der Waals surface area (Å²) in [5.41, 5.74) is 0.897. The van der Waals surface area contributed by atoms with Crippen molar-refractivity contribution in [2.24, 2.45) is 10.9 Å². The van der Waals surface area contributed by atoms with E-state index in [-0.39, 0.29) is 11.7 Å². The maximum absolute atomic E-state index is 12.2. The van der Waals surface area contributed by atoms with Crippen LogP contribution in [0.4, 0.5) is 0 Å². The third-order valence-electron chi connectivity index (χ3n) is 2.56. The van der Waals surface area contributed by atoms with Gasteiger partial charge in [0.15, 0.2) is 5.78 Å². The molecule has 0 aromatic rings. The summed E-state index contributed by atoms with van der Waals surface area (Å²) in [5, 5.41) is 1.84. The van der Waals surface area contributed by atoms with Crippen LogP contribution in [-0.2, 0) is 9.59 Å². The zero-order valence-corrected chi connectivity index (χ0v) is 9.95. The second-order valence-corrected chi connectivity index (χ2v) is 4.31. The average molecular weight is 246 g/mol. The molecule has 1 atom stereocenters. The summed E-state index contributed by atoms with van der Waals surface area (Å²) in [4.78, 5) is 26.7. The van der Waals surface area contributed by atoms with Gasteiger partial charge in [0.05, 0.1) is 11.6 Å². The molecule has 0 aromatic heterocycles. The summed E-state index contributed by atoms with van der Waals surface area (Å²) in [6.45, 7) is 1.79. The summed E-state index contributed by atoms with van der Waals surface area (Å²) in [6.07, 6.45) is 8.24. The number of hydrogen-bond donors (Lipinski definition) is 1. The van der Waals surface area contributed by atoms with E-state index in [0.29, 0.717) is 17.2 Å². The lowest BCUT2D eigenvalue weighted by Gasteiger charge is -2.22. The van der Waals surface area contributed by atoms with E-state index in [9.17, 15) is 9.59 Å². The molecule has 0 spiro atoms. The largest absolute Gasteiger partial charge is 0.323 e. The van der Waals surface area contributed by atoms with Crippen molar-refractivity contribution in [1.82, 2.24) is 4.72 Å². The van der Waals surface area contributed by atoms with Crippen molar-refractivity contribution in [2.75, 3.05) is 0 Å². The number of allylic oxidation sites excluding steroid dienone is 4. The van der Waals surface area contributed by atoms with Crippen LogP contribution in [0.5, 0.6) is 0 Å². The van der Waals surface area contributed by atoms with Gasteiger partial charge in [0.2, 0.25) is 6.29 Å². The fourth-order valence-electron chi connectivity index (χ4n) is 1.54. The number of nitrogens with zero attached hydrogens (tertiary/aromatic N) is 1. The molecular weight excluding hydrogens is 236 g/mol. The van der Waals surface area contributed by atoms with Gasteiger partial charge in [0.25, 0.3) is 0 Å². The Labute approximate surface area is 104 Å². The third kappa shape index (κ3) is 2.39. The molecule has 1 N–H and O–H groups in total. The second-order valence-electron chi connectivity index (χ2n) is 3.60. The highest BCUT2D eigenvalue weighted by Gasteiger charge is 2.31. The van der Waals surface area contributed by atoms with Gasteiger partial charge in [-0.2, -0.15) is 0 Å². The molecule has 17 heavy (non-hydrogen) atoms. The van der Waals surface area contributed by atoms with Crippen LogP contribution >= 0.6 is 11.9 Å². The first-order chi connectivity index (χ1) is 8.24. The van der Waals surface area contributed by atoms with Crippen LogP contribution in [0.3, 0.4) is 0 Å². The Morgan fingerprint density at radius 3 is 3.06 bits per heavy atom. The van der Waals surface area contributed by atoms with Gasteiger partial charge in [-0.3, -0.25) is 14.6 Å². The van der Waals surface area contributed by atoms with Crippen molar-refractivity contribution in [2.45, 2.75) is 6.92 Å². The van der Waals surface area contributed by atoms with Gasteiger partial charge in [-0.1, -0.05) is 13.0 Å². The number of aliphatic imine (C=N–C) groups is 1. The molecule has 0 fully saturated rings. The minimum Gasteiger partial charge on any atom is -0.323 e. The highest BCUT2D eigenvalue weighted by Crippen LogP contribution is 2.27. The molecule has 2 heterocycles. The number of nitrogens with one attached hydrogen (secondary N) is 1. The van der Waals surface area contributed by atoms with Crippen molar-refractivity contribution < 1.29 is 9.59 Å². The van der Waals surface area contributed by atoms with Crippen molar-refractivity contribution in [3.63, 3.8) is 0 Å². The predicted octanol–water partition coefficient (Wildman–Crippen LogP) is 1.49. The molecule has 0 bridgehead atoms. The minimum atomic E-state index is -0.267. The molecule has 2 aliphatic rings. The van der Waals surface area contributed by atoms with Crippen LogP contribution in [0, 0.1) is 11.8 Å². The van der Waals surface area contributed by atoms with Gasteiger partial charge < -0.3 is 4.72 Å². The first-order valence-corrected chi connectivity index (χ1v) is 5.93. The van der Waals surface area contributed by atoms with Crippen LogP contribution in [0.2, 0.25) is 0 Å². The molecule has 0 aromatic carbocycles. The zero-order valence-electron chi connectivity index (χ0n) is 9.14. The first-order valence-electron chi connectivity index (χ1n) is 5.05. The second kappa shape index (κ2) is 5.14. The summed E-state index contributed by atoms with van der Waals surface area (Å²) < 4.78 is 2.91. The number of carbonyl (C=O) groups excluding carboxylic acids is 2. The highest BCUT2D eigenvalue weighted by molar-refractivity contribution is 8.00. The summed E-state index contributed by atoms with van der Waals surface area (Å²) in [5.74, 6) is 0.0931. The Bertz CT molecular complexity index is 463. The van der Waals surface area contributed by atoms with E-state index in [4.69, 9.17) is 0 Å². The maximum Gasteiger partial charge on any atom is 0.231 e. The number of ketones is 1.